The van der Waals surface area contributed by atoms with Gasteiger partial charge in [-0.15, -0.1) is 0 Å². The highest BCUT2D eigenvalue weighted by atomic mass is 16.5. The van der Waals surface area contributed by atoms with E-state index in [2.05, 4.69) is 12.2 Å². The van der Waals surface area contributed by atoms with Crippen molar-refractivity contribution >= 4 is 6.08 Å². The summed E-state index contributed by atoms with van der Waals surface area (Å²) >= 11 is 0. The van der Waals surface area contributed by atoms with E-state index in [1.165, 1.54) is 5.56 Å². The van der Waals surface area contributed by atoms with Gasteiger partial charge in [0.05, 0.1) is 21.3 Å². The zero-order chi connectivity index (χ0) is 12.3. The topological polar surface area (TPSA) is 27.7 Å². The van der Waals surface area contributed by atoms with E-state index in [1.54, 1.807) is 21.3 Å². The minimum Gasteiger partial charge on any atom is -0.493 e. The fourth-order valence-electron chi connectivity index (χ4n) is 2.23. The summed E-state index contributed by atoms with van der Waals surface area (Å²) in [6.45, 7) is 0. The lowest BCUT2D eigenvalue weighted by Crippen LogP contribution is -2.00. The third-order valence-corrected chi connectivity index (χ3v) is 3.06. The van der Waals surface area contributed by atoms with E-state index in [-0.39, 0.29) is 0 Å². The monoisotopic (exact) mass is 234 g/mol. The lowest BCUT2D eigenvalue weighted by Gasteiger charge is -2.17. The summed E-state index contributed by atoms with van der Waals surface area (Å²) in [6, 6.07) is 2.05. The molecular weight excluding hydrogens is 216 g/mol. The number of hydrogen-bond acceptors (Lipinski definition) is 3. The summed E-state index contributed by atoms with van der Waals surface area (Å²) in [4.78, 5) is 0. The van der Waals surface area contributed by atoms with Gasteiger partial charge in [0.25, 0.3) is 0 Å². The molecular formula is C14H18O3. The van der Waals surface area contributed by atoms with Gasteiger partial charge in [0.2, 0.25) is 5.75 Å². The maximum atomic E-state index is 5.48. The third kappa shape index (κ3) is 2.09. The Hall–Kier alpha value is -1.64. The molecule has 0 heterocycles. The minimum absolute atomic E-state index is 0.667. The van der Waals surface area contributed by atoms with Crippen molar-refractivity contribution in [3.63, 3.8) is 0 Å². The number of methoxy groups -OCH3 is 3. The van der Waals surface area contributed by atoms with Crippen molar-refractivity contribution in [1.82, 2.24) is 0 Å². The smallest absolute Gasteiger partial charge is 0.203 e. The van der Waals surface area contributed by atoms with Gasteiger partial charge in [-0.25, -0.2) is 0 Å². The zero-order valence-corrected chi connectivity index (χ0v) is 10.6. The highest BCUT2D eigenvalue weighted by Gasteiger charge is 2.19. The molecule has 1 aliphatic rings. The molecule has 0 unspecified atom stereocenters. The fraction of sp³-hybridized carbons (Fsp3) is 0.429. The number of ether oxygens (including phenoxy) is 3. The van der Waals surface area contributed by atoms with Crippen LogP contribution in [0.4, 0.5) is 0 Å². The predicted octanol–water partition coefficient (Wildman–Crippen LogP) is 3.06. The quantitative estimate of drug-likeness (QED) is 0.804. The van der Waals surface area contributed by atoms with Gasteiger partial charge in [-0.2, -0.15) is 0 Å². The number of rotatable bonds is 3. The number of aryl methyl sites for hydroxylation is 1. The van der Waals surface area contributed by atoms with Crippen LogP contribution in [-0.2, 0) is 6.42 Å². The van der Waals surface area contributed by atoms with Crippen molar-refractivity contribution in [2.45, 2.75) is 19.3 Å². The van der Waals surface area contributed by atoms with E-state index in [9.17, 15) is 0 Å². The second-order valence-corrected chi connectivity index (χ2v) is 4.01. The van der Waals surface area contributed by atoms with Crippen LogP contribution < -0.4 is 14.2 Å². The second kappa shape index (κ2) is 5.13. The predicted molar refractivity (Wildman–Crippen MR) is 68.1 cm³/mol. The van der Waals surface area contributed by atoms with Crippen molar-refractivity contribution in [2.24, 2.45) is 0 Å². The lowest BCUT2D eigenvalue weighted by atomic mass is 10.0. The maximum absolute atomic E-state index is 5.48. The molecule has 92 valence electrons. The molecule has 3 heteroatoms. The average Bonchev–Trinajstić information content (AvgIpc) is 2.60. The standard InChI is InChI=1S/C14H18O3/c1-15-12-9-10-7-5-4-6-8-11(10)13(16-2)14(12)17-3/h6,8-9H,4-5,7H2,1-3H3. The van der Waals surface area contributed by atoms with Crippen LogP contribution in [0.3, 0.4) is 0 Å². The van der Waals surface area contributed by atoms with E-state index in [0.717, 1.165) is 36.3 Å². The first-order valence-corrected chi connectivity index (χ1v) is 5.80. The van der Waals surface area contributed by atoms with E-state index in [0.29, 0.717) is 5.75 Å². The molecule has 0 amide bonds. The maximum Gasteiger partial charge on any atom is 0.203 e. The highest BCUT2D eigenvalue weighted by Crippen LogP contribution is 2.43. The first kappa shape index (κ1) is 11.8. The summed E-state index contributed by atoms with van der Waals surface area (Å²) in [5, 5.41) is 0. The molecule has 0 N–H and O–H groups in total. The van der Waals surface area contributed by atoms with Crippen molar-refractivity contribution in [1.29, 1.82) is 0 Å². The van der Waals surface area contributed by atoms with Gasteiger partial charge >= 0.3 is 0 Å². The Balaban J connectivity index is 2.65. The molecule has 0 fully saturated rings. The largest absolute Gasteiger partial charge is 0.493 e. The van der Waals surface area contributed by atoms with Crippen LogP contribution in [0.5, 0.6) is 17.2 Å². The second-order valence-electron chi connectivity index (χ2n) is 4.01. The van der Waals surface area contributed by atoms with Gasteiger partial charge in [0.1, 0.15) is 0 Å². The van der Waals surface area contributed by atoms with Gasteiger partial charge in [-0.05, 0) is 30.9 Å². The Morgan fingerprint density at radius 2 is 1.76 bits per heavy atom. The molecule has 3 nitrogen and oxygen atoms in total. The first-order valence-electron chi connectivity index (χ1n) is 5.80. The molecule has 1 aromatic carbocycles. The Morgan fingerprint density at radius 1 is 1.00 bits per heavy atom. The SMILES string of the molecule is COc1cc2c(c(OC)c1OC)C=CCCC2. The van der Waals surface area contributed by atoms with Crippen LogP contribution in [0.2, 0.25) is 0 Å². The van der Waals surface area contributed by atoms with Gasteiger partial charge < -0.3 is 14.2 Å². The van der Waals surface area contributed by atoms with Crippen molar-refractivity contribution in [3.8, 4) is 17.2 Å². The van der Waals surface area contributed by atoms with Crippen LogP contribution in [0.15, 0.2) is 12.1 Å². The van der Waals surface area contributed by atoms with E-state index >= 15 is 0 Å². The van der Waals surface area contributed by atoms with Crippen LogP contribution in [0.25, 0.3) is 6.08 Å². The molecule has 2 rings (SSSR count). The summed E-state index contributed by atoms with van der Waals surface area (Å²) in [5.74, 6) is 2.17. The van der Waals surface area contributed by atoms with Crippen molar-refractivity contribution in [2.75, 3.05) is 21.3 Å². The Bertz CT molecular complexity index is 436. The van der Waals surface area contributed by atoms with Gasteiger partial charge in [0, 0.05) is 5.56 Å². The van der Waals surface area contributed by atoms with E-state index in [1.807, 2.05) is 6.07 Å². The van der Waals surface area contributed by atoms with Crippen molar-refractivity contribution < 1.29 is 14.2 Å². The number of benzene rings is 1. The molecule has 17 heavy (non-hydrogen) atoms. The van der Waals surface area contributed by atoms with Crippen LogP contribution >= 0.6 is 0 Å². The van der Waals surface area contributed by atoms with Gasteiger partial charge in [-0.3, -0.25) is 0 Å². The normalized spacial score (nSPS) is 13.8. The molecule has 0 saturated carbocycles. The molecule has 0 saturated heterocycles. The summed E-state index contributed by atoms with van der Waals surface area (Å²) in [6.07, 6.45) is 7.59. The van der Waals surface area contributed by atoms with Crippen LogP contribution in [0, 0.1) is 0 Å². The summed E-state index contributed by atoms with van der Waals surface area (Å²) in [7, 11) is 4.94. The van der Waals surface area contributed by atoms with Crippen LogP contribution in [-0.4, -0.2) is 21.3 Å². The molecule has 1 aliphatic carbocycles. The third-order valence-electron chi connectivity index (χ3n) is 3.06. The first-order chi connectivity index (χ1) is 8.31. The average molecular weight is 234 g/mol. The van der Waals surface area contributed by atoms with E-state index < -0.39 is 0 Å². The molecule has 0 bridgehead atoms. The number of fused-ring (bicyclic) bond motifs is 1. The minimum atomic E-state index is 0.667. The molecule has 0 spiro atoms. The molecule has 1 aromatic rings. The Labute approximate surface area is 102 Å². The van der Waals surface area contributed by atoms with Crippen LogP contribution in [0.1, 0.15) is 24.0 Å². The molecule has 0 radical (unpaired) electrons. The number of allylic oxidation sites excluding steroid dienone is 1. The highest BCUT2D eigenvalue weighted by molar-refractivity contribution is 5.70. The van der Waals surface area contributed by atoms with E-state index in [4.69, 9.17) is 14.2 Å². The fourth-order valence-corrected chi connectivity index (χ4v) is 2.23. The molecule has 0 aromatic heterocycles. The molecule has 0 aliphatic heterocycles. The Kier molecular flexibility index (Phi) is 3.57. The lowest BCUT2D eigenvalue weighted by molar-refractivity contribution is 0.323. The Morgan fingerprint density at radius 3 is 2.41 bits per heavy atom. The summed E-state index contributed by atoms with van der Waals surface area (Å²) < 4.78 is 16.2. The van der Waals surface area contributed by atoms with Gasteiger partial charge in [0.15, 0.2) is 11.5 Å². The van der Waals surface area contributed by atoms with Gasteiger partial charge in [-0.1, -0.05) is 12.2 Å². The molecule has 0 atom stereocenters. The zero-order valence-electron chi connectivity index (χ0n) is 10.6. The van der Waals surface area contributed by atoms with Crippen molar-refractivity contribution in [3.05, 3.63) is 23.3 Å². The summed E-state index contributed by atoms with van der Waals surface area (Å²) in [5.41, 5.74) is 2.37. The number of hydrogen-bond donors (Lipinski definition) is 0.